The summed E-state index contributed by atoms with van der Waals surface area (Å²) < 4.78 is 10.4. The van der Waals surface area contributed by atoms with E-state index in [1.807, 2.05) is 29.0 Å². The van der Waals surface area contributed by atoms with Crippen LogP contribution in [0.1, 0.15) is 21.3 Å². The van der Waals surface area contributed by atoms with Gasteiger partial charge in [0.2, 0.25) is 5.82 Å². The van der Waals surface area contributed by atoms with Crippen LogP contribution >= 0.6 is 34.3 Å². The molecular weight excluding hydrogens is 406 g/mol. The summed E-state index contributed by atoms with van der Waals surface area (Å²) in [6, 6.07) is 9.18. The molecule has 4 aromatic rings. The van der Waals surface area contributed by atoms with Crippen LogP contribution in [-0.2, 0) is 11.3 Å². The topological polar surface area (TPSA) is 78.1 Å². The van der Waals surface area contributed by atoms with Crippen LogP contribution in [0, 0.1) is 6.92 Å². The van der Waals surface area contributed by atoms with Gasteiger partial charge in [-0.25, -0.2) is 9.78 Å². The first-order chi connectivity index (χ1) is 13.1. The van der Waals surface area contributed by atoms with Gasteiger partial charge in [-0.15, -0.1) is 11.3 Å². The zero-order chi connectivity index (χ0) is 18.8. The monoisotopic (exact) mass is 417 g/mol. The maximum Gasteiger partial charge on any atom is 0.350 e. The van der Waals surface area contributed by atoms with Crippen molar-refractivity contribution in [3.05, 3.63) is 62.6 Å². The molecule has 6 nitrogen and oxygen atoms in total. The van der Waals surface area contributed by atoms with Crippen LogP contribution in [0.25, 0.3) is 22.0 Å². The molecule has 1 aromatic carbocycles. The minimum Gasteiger partial charge on any atom is -0.451 e. The Morgan fingerprint density at radius 1 is 1.19 bits per heavy atom. The van der Waals surface area contributed by atoms with Gasteiger partial charge in [-0.1, -0.05) is 28.9 Å². The average Bonchev–Trinajstić information content (AvgIpc) is 3.40. The molecule has 0 amide bonds. The van der Waals surface area contributed by atoms with Crippen LogP contribution in [0.4, 0.5) is 0 Å². The SMILES string of the molecule is Cc1nc(-c2ccc(Cl)cc2)sc1C(=O)OCc1nc(-c2ccsc2)no1. The number of benzene rings is 1. The second-order valence-corrected chi connectivity index (χ2v) is 7.76. The van der Waals surface area contributed by atoms with Crippen molar-refractivity contribution in [1.82, 2.24) is 15.1 Å². The molecule has 3 aromatic heterocycles. The van der Waals surface area contributed by atoms with Crippen LogP contribution in [0.2, 0.25) is 5.02 Å². The van der Waals surface area contributed by atoms with E-state index in [1.54, 1.807) is 30.4 Å². The van der Waals surface area contributed by atoms with E-state index < -0.39 is 5.97 Å². The zero-order valence-corrected chi connectivity index (χ0v) is 16.4. The van der Waals surface area contributed by atoms with E-state index in [-0.39, 0.29) is 12.5 Å². The molecule has 0 aliphatic rings. The van der Waals surface area contributed by atoms with Gasteiger partial charge in [0.25, 0.3) is 5.89 Å². The predicted molar refractivity (Wildman–Crippen MR) is 104 cm³/mol. The molecule has 0 spiro atoms. The fourth-order valence-electron chi connectivity index (χ4n) is 2.32. The van der Waals surface area contributed by atoms with Crippen molar-refractivity contribution >= 4 is 40.2 Å². The minimum atomic E-state index is -0.472. The molecule has 0 unspecified atom stereocenters. The van der Waals surface area contributed by atoms with Crippen molar-refractivity contribution in [3.8, 4) is 22.0 Å². The number of thiazole rings is 1. The molecule has 0 fully saturated rings. The largest absolute Gasteiger partial charge is 0.451 e. The van der Waals surface area contributed by atoms with Gasteiger partial charge in [0.15, 0.2) is 6.61 Å². The first-order valence-corrected chi connectivity index (χ1v) is 9.99. The number of rotatable bonds is 5. The van der Waals surface area contributed by atoms with Gasteiger partial charge in [-0.2, -0.15) is 16.3 Å². The number of hydrogen-bond donors (Lipinski definition) is 0. The number of aryl methyl sites for hydroxylation is 1. The number of nitrogens with zero attached hydrogens (tertiary/aromatic N) is 3. The van der Waals surface area contributed by atoms with Crippen LogP contribution in [0.3, 0.4) is 0 Å². The molecule has 0 aliphatic carbocycles. The molecule has 0 N–H and O–H groups in total. The number of aromatic nitrogens is 3. The van der Waals surface area contributed by atoms with Gasteiger partial charge >= 0.3 is 5.97 Å². The second-order valence-electron chi connectivity index (χ2n) is 5.54. The van der Waals surface area contributed by atoms with E-state index in [4.69, 9.17) is 20.9 Å². The Hall–Kier alpha value is -2.55. The number of esters is 1. The van der Waals surface area contributed by atoms with Gasteiger partial charge in [0.1, 0.15) is 9.88 Å². The minimum absolute atomic E-state index is 0.0937. The smallest absolute Gasteiger partial charge is 0.350 e. The fourth-order valence-corrected chi connectivity index (χ4v) is 4.04. The van der Waals surface area contributed by atoms with E-state index in [0.29, 0.717) is 21.4 Å². The summed E-state index contributed by atoms with van der Waals surface area (Å²) in [5.41, 5.74) is 2.37. The van der Waals surface area contributed by atoms with Crippen LogP contribution in [0.15, 0.2) is 45.6 Å². The van der Waals surface area contributed by atoms with Gasteiger partial charge in [0.05, 0.1) is 5.69 Å². The lowest BCUT2D eigenvalue weighted by atomic mass is 10.2. The van der Waals surface area contributed by atoms with Crippen molar-refractivity contribution in [1.29, 1.82) is 0 Å². The van der Waals surface area contributed by atoms with Crippen molar-refractivity contribution in [2.75, 3.05) is 0 Å². The van der Waals surface area contributed by atoms with Crippen LogP contribution < -0.4 is 0 Å². The summed E-state index contributed by atoms with van der Waals surface area (Å²) >= 11 is 8.72. The van der Waals surface area contributed by atoms with E-state index in [9.17, 15) is 4.79 Å². The number of ether oxygens (including phenoxy) is 1. The number of carbonyl (C=O) groups is 1. The molecule has 0 radical (unpaired) electrons. The van der Waals surface area contributed by atoms with E-state index in [1.165, 1.54) is 11.3 Å². The third kappa shape index (κ3) is 3.92. The molecule has 0 aliphatic heterocycles. The van der Waals surface area contributed by atoms with Crippen molar-refractivity contribution < 1.29 is 14.1 Å². The number of carbonyl (C=O) groups excluding carboxylic acids is 1. The lowest BCUT2D eigenvalue weighted by Crippen LogP contribution is -2.05. The summed E-state index contributed by atoms with van der Waals surface area (Å²) in [4.78, 5) is 21.5. The third-order valence-electron chi connectivity index (χ3n) is 3.65. The molecular formula is C18H12ClN3O3S2. The Labute approximate surface area is 167 Å². The summed E-state index contributed by atoms with van der Waals surface area (Å²) in [7, 11) is 0. The van der Waals surface area contributed by atoms with Gasteiger partial charge in [-0.05, 0) is 30.5 Å². The highest BCUT2D eigenvalue weighted by Crippen LogP contribution is 2.29. The number of thiophene rings is 1. The number of halogens is 1. The maximum absolute atomic E-state index is 12.4. The summed E-state index contributed by atoms with van der Waals surface area (Å²) in [6.07, 6.45) is 0. The quantitative estimate of drug-likeness (QED) is 0.413. The van der Waals surface area contributed by atoms with Crippen molar-refractivity contribution in [2.24, 2.45) is 0 Å². The molecule has 4 rings (SSSR count). The van der Waals surface area contributed by atoms with Crippen molar-refractivity contribution in [2.45, 2.75) is 13.5 Å². The van der Waals surface area contributed by atoms with Crippen molar-refractivity contribution in [3.63, 3.8) is 0 Å². The van der Waals surface area contributed by atoms with Crippen LogP contribution in [-0.4, -0.2) is 21.1 Å². The normalized spacial score (nSPS) is 10.9. The lowest BCUT2D eigenvalue weighted by molar-refractivity contribution is 0.0434. The Bertz CT molecular complexity index is 1070. The Balaban J connectivity index is 1.45. The van der Waals surface area contributed by atoms with Crippen LogP contribution in [0.5, 0.6) is 0 Å². The average molecular weight is 418 g/mol. The highest BCUT2D eigenvalue weighted by Gasteiger charge is 2.19. The Morgan fingerprint density at radius 3 is 2.74 bits per heavy atom. The number of hydrogen-bond acceptors (Lipinski definition) is 8. The fraction of sp³-hybridized carbons (Fsp3) is 0.111. The lowest BCUT2D eigenvalue weighted by Gasteiger charge is -1.99. The summed E-state index contributed by atoms with van der Waals surface area (Å²) in [5, 5.41) is 9.11. The Kier molecular flexibility index (Phi) is 5.02. The third-order valence-corrected chi connectivity index (χ3v) is 5.77. The van der Waals surface area contributed by atoms with E-state index >= 15 is 0 Å². The standard InChI is InChI=1S/C18H12ClN3O3S2/c1-10-15(27-17(20-10)11-2-4-13(19)5-3-11)18(23)24-8-14-21-16(22-25-14)12-6-7-26-9-12/h2-7,9H,8H2,1H3. The molecule has 136 valence electrons. The predicted octanol–water partition coefficient (Wildman–Crippen LogP) is 5.24. The maximum atomic E-state index is 12.4. The molecule has 27 heavy (non-hydrogen) atoms. The van der Waals surface area contributed by atoms with Gasteiger partial charge in [-0.3, -0.25) is 0 Å². The molecule has 0 atom stereocenters. The molecule has 0 saturated carbocycles. The molecule has 0 saturated heterocycles. The van der Waals surface area contributed by atoms with E-state index in [2.05, 4.69) is 15.1 Å². The second kappa shape index (κ2) is 7.59. The first-order valence-electron chi connectivity index (χ1n) is 7.86. The first kappa shape index (κ1) is 17.8. The summed E-state index contributed by atoms with van der Waals surface area (Å²) in [6.45, 7) is 1.68. The molecule has 3 heterocycles. The molecule has 9 heteroatoms. The highest BCUT2D eigenvalue weighted by molar-refractivity contribution is 7.17. The van der Waals surface area contributed by atoms with E-state index in [0.717, 1.165) is 16.1 Å². The van der Waals surface area contributed by atoms with Gasteiger partial charge < -0.3 is 9.26 Å². The Morgan fingerprint density at radius 2 is 2.00 bits per heavy atom. The summed E-state index contributed by atoms with van der Waals surface area (Å²) in [5.74, 6) is 0.242. The zero-order valence-electron chi connectivity index (χ0n) is 14.0. The molecule has 0 bridgehead atoms. The highest BCUT2D eigenvalue weighted by atomic mass is 35.5. The van der Waals surface area contributed by atoms with Gasteiger partial charge in [0, 0.05) is 21.5 Å².